The van der Waals surface area contributed by atoms with Gasteiger partial charge in [0.2, 0.25) is 0 Å². The largest absolute Gasteiger partial charge is 0.384 e. The number of nitrogens with zero attached hydrogens (tertiary/aromatic N) is 2. The summed E-state index contributed by atoms with van der Waals surface area (Å²) >= 11 is 1.64. The third-order valence-electron chi connectivity index (χ3n) is 3.31. The number of rotatable bonds is 7. The van der Waals surface area contributed by atoms with Gasteiger partial charge >= 0.3 is 0 Å². The molecule has 2 heterocycles. The molecule has 0 saturated carbocycles. The molecule has 0 atom stereocenters. The number of hydrogen-bond acceptors (Lipinski definition) is 5. The molecule has 1 aromatic carbocycles. The highest BCUT2D eigenvalue weighted by atomic mass is 32.1. The third-order valence-corrected chi connectivity index (χ3v) is 4.18. The fourth-order valence-electron chi connectivity index (χ4n) is 2.19. The molecule has 114 valence electrons. The first-order valence-corrected chi connectivity index (χ1v) is 8.00. The highest BCUT2D eigenvalue weighted by Gasteiger charge is 2.07. The molecular formula is C16H18N4OS. The van der Waals surface area contributed by atoms with E-state index in [4.69, 9.17) is 4.74 Å². The maximum absolute atomic E-state index is 5.15. The summed E-state index contributed by atoms with van der Waals surface area (Å²) in [5.74, 6) is 1.57. The quantitative estimate of drug-likeness (QED) is 0.702. The van der Waals surface area contributed by atoms with Crippen LogP contribution < -0.4 is 5.32 Å². The van der Waals surface area contributed by atoms with E-state index in [1.54, 1.807) is 18.4 Å². The fourth-order valence-corrected chi connectivity index (χ4v) is 2.85. The van der Waals surface area contributed by atoms with Gasteiger partial charge in [-0.05, 0) is 29.5 Å². The molecule has 6 heteroatoms. The molecule has 0 aliphatic heterocycles. The number of methoxy groups -OCH3 is 1. The second kappa shape index (κ2) is 7.20. The number of para-hydroxylation sites is 1. The topological polar surface area (TPSA) is 62.8 Å². The molecule has 5 nitrogen and oxygen atoms in total. The number of hydrogen-bond donors (Lipinski definition) is 2. The van der Waals surface area contributed by atoms with E-state index in [-0.39, 0.29) is 0 Å². The monoisotopic (exact) mass is 314 g/mol. The fraction of sp³-hybridized carbons (Fsp3) is 0.250. The van der Waals surface area contributed by atoms with Crippen LogP contribution in [0.15, 0.2) is 41.8 Å². The second-order valence-corrected chi connectivity index (χ2v) is 5.78. The number of thiophene rings is 1. The minimum absolute atomic E-state index is 0.613. The van der Waals surface area contributed by atoms with Crippen molar-refractivity contribution in [1.82, 2.24) is 15.2 Å². The van der Waals surface area contributed by atoms with Gasteiger partial charge in [0.15, 0.2) is 5.82 Å². The molecule has 2 aromatic heterocycles. The molecule has 3 aromatic rings. The van der Waals surface area contributed by atoms with E-state index in [9.17, 15) is 0 Å². The molecule has 0 bridgehead atoms. The Hall–Kier alpha value is -2.18. The molecule has 0 fully saturated rings. The molecule has 22 heavy (non-hydrogen) atoms. The van der Waals surface area contributed by atoms with Crippen molar-refractivity contribution >= 4 is 17.0 Å². The first-order valence-electron chi connectivity index (χ1n) is 7.12. The minimum atomic E-state index is 0.613. The zero-order chi connectivity index (χ0) is 15.2. The van der Waals surface area contributed by atoms with Crippen LogP contribution in [0.25, 0.3) is 10.7 Å². The van der Waals surface area contributed by atoms with Crippen molar-refractivity contribution in [1.29, 1.82) is 0 Å². The van der Waals surface area contributed by atoms with Gasteiger partial charge in [-0.2, -0.15) is 5.10 Å². The molecule has 0 saturated heterocycles. The van der Waals surface area contributed by atoms with Gasteiger partial charge in [-0.3, -0.25) is 5.10 Å². The van der Waals surface area contributed by atoms with Crippen molar-refractivity contribution in [2.24, 2.45) is 0 Å². The highest BCUT2D eigenvalue weighted by Crippen LogP contribution is 2.21. The Balaban J connectivity index is 1.65. The maximum atomic E-state index is 5.15. The molecule has 2 N–H and O–H groups in total. The summed E-state index contributed by atoms with van der Waals surface area (Å²) in [7, 11) is 1.72. The summed E-state index contributed by atoms with van der Waals surface area (Å²) in [6.45, 7) is 1.33. The molecular weight excluding hydrogens is 296 g/mol. The van der Waals surface area contributed by atoms with Crippen LogP contribution in [0.2, 0.25) is 0 Å². The predicted octanol–water partition coefficient (Wildman–Crippen LogP) is 3.33. The number of aromatic nitrogens is 3. The van der Waals surface area contributed by atoms with Crippen LogP contribution in [-0.4, -0.2) is 28.9 Å². The molecule has 0 unspecified atom stereocenters. The van der Waals surface area contributed by atoms with Gasteiger partial charge in [0.1, 0.15) is 5.82 Å². The highest BCUT2D eigenvalue weighted by molar-refractivity contribution is 7.13. The average Bonchev–Trinajstić information content (AvgIpc) is 3.22. The molecule has 0 amide bonds. The average molecular weight is 314 g/mol. The van der Waals surface area contributed by atoms with Gasteiger partial charge in [0.25, 0.3) is 0 Å². The lowest BCUT2D eigenvalue weighted by Gasteiger charge is -2.10. The Morgan fingerprint density at radius 3 is 2.95 bits per heavy atom. The first-order chi connectivity index (χ1) is 10.9. The van der Waals surface area contributed by atoms with E-state index in [1.165, 1.54) is 5.56 Å². The SMILES string of the molecule is COCCc1ccccc1NCc1nc(-c2cccs2)n[nH]1. The Kier molecular flexibility index (Phi) is 4.82. The maximum Gasteiger partial charge on any atom is 0.191 e. The van der Waals surface area contributed by atoms with E-state index >= 15 is 0 Å². The van der Waals surface area contributed by atoms with Gasteiger partial charge in [0.05, 0.1) is 18.0 Å². The van der Waals surface area contributed by atoms with Crippen molar-refractivity contribution in [2.75, 3.05) is 19.0 Å². The lowest BCUT2D eigenvalue weighted by atomic mass is 10.1. The summed E-state index contributed by atoms with van der Waals surface area (Å²) in [6, 6.07) is 12.3. The minimum Gasteiger partial charge on any atom is -0.384 e. The van der Waals surface area contributed by atoms with Crippen LogP contribution in [0, 0.1) is 0 Å². The Morgan fingerprint density at radius 2 is 2.14 bits per heavy atom. The normalized spacial score (nSPS) is 10.8. The van der Waals surface area contributed by atoms with Crippen molar-refractivity contribution in [3.63, 3.8) is 0 Å². The van der Waals surface area contributed by atoms with Gasteiger partial charge in [-0.15, -0.1) is 11.3 Å². The van der Waals surface area contributed by atoms with Crippen molar-refractivity contribution in [2.45, 2.75) is 13.0 Å². The molecule has 0 aliphatic carbocycles. The van der Waals surface area contributed by atoms with Crippen LogP contribution in [0.1, 0.15) is 11.4 Å². The Bertz CT molecular complexity index is 709. The van der Waals surface area contributed by atoms with Gasteiger partial charge in [-0.1, -0.05) is 24.3 Å². The summed E-state index contributed by atoms with van der Waals surface area (Å²) < 4.78 is 5.15. The summed E-state index contributed by atoms with van der Waals surface area (Å²) in [5.41, 5.74) is 2.34. The third kappa shape index (κ3) is 3.52. The van der Waals surface area contributed by atoms with Gasteiger partial charge in [-0.25, -0.2) is 4.98 Å². The van der Waals surface area contributed by atoms with Crippen molar-refractivity contribution < 1.29 is 4.74 Å². The number of anilines is 1. The number of ether oxygens (including phenoxy) is 1. The van der Waals surface area contributed by atoms with Gasteiger partial charge < -0.3 is 10.1 Å². The van der Waals surface area contributed by atoms with Crippen LogP contribution in [0.5, 0.6) is 0 Å². The lowest BCUT2D eigenvalue weighted by molar-refractivity contribution is 0.202. The van der Waals surface area contributed by atoms with E-state index in [0.29, 0.717) is 13.2 Å². The zero-order valence-corrected chi connectivity index (χ0v) is 13.2. The number of benzene rings is 1. The smallest absolute Gasteiger partial charge is 0.191 e. The zero-order valence-electron chi connectivity index (χ0n) is 12.4. The summed E-state index contributed by atoms with van der Waals surface area (Å²) in [4.78, 5) is 5.59. The lowest BCUT2D eigenvalue weighted by Crippen LogP contribution is -2.05. The number of aromatic amines is 1. The van der Waals surface area contributed by atoms with Crippen LogP contribution in [0.3, 0.4) is 0 Å². The van der Waals surface area contributed by atoms with Crippen molar-refractivity contribution in [3.8, 4) is 10.7 Å². The molecule has 0 radical (unpaired) electrons. The standard InChI is InChI=1S/C16H18N4OS/c1-21-9-8-12-5-2-3-6-13(12)17-11-15-18-16(20-19-15)14-7-4-10-22-14/h2-7,10,17H,8-9,11H2,1H3,(H,18,19,20). The van der Waals surface area contributed by atoms with E-state index in [1.807, 2.05) is 29.6 Å². The van der Waals surface area contributed by atoms with E-state index < -0.39 is 0 Å². The predicted molar refractivity (Wildman–Crippen MR) is 89.0 cm³/mol. The summed E-state index contributed by atoms with van der Waals surface area (Å²) in [5, 5.41) is 12.7. The van der Waals surface area contributed by atoms with E-state index in [0.717, 1.165) is 28.6 Å². The van der Waals surface area contributed by atoms with E-state index in [2.05, 4.69) is 32.6 Å². The number of nitrogens with one attached hydrogen (secondary N) is 2. The van der Waals surface area contributed by atoms with Crippen LogP contribution in [-0.2, 0) is 17.7 Å². The Labute approximate surface area is 133 Å². The second-order valence-electron chi connectivity index (χ2n) is 4.84. The van der Waals surface area contributed by atoms with Gasteiger partial charge in [0, 0.05) is 12.8 Å². The molecule has 0 spiro atoms. The summed E-state index contributed by atoms with van der Waals surface area (Å²) in [6.07, 6.45) is 0.885. The van der Waals surface area contributed by atoms with Crippen LogP contribution >= 0.6 is 11.3 Å². The molecule has 0 aliphatic rings. The van der Waals surface area contributed by atoms with Crippen LogP contribution in [0.4, 0.5) is 5.69 Å². The molecule has 3 rings (SSSR count). The van der Waals surface area contributed by atoms with Crippen molar-refractivity contribution in [3.05, 3.63) is 53.2 Å². The number of H-pyrrole nitrogens is 1. The Morgan fingerprint density at radius 1 is 1.23 bits per heavy atom. The first kappa shape index (κ1) is 14.7.